The lowest BCUT2D eigenvalue weighted by Crippen LogP contribution is -2.40. The van der Waals surface area contributed by atoms with E-state index in [-0.39, 0.29) is 32.2 Å². The van der Waals surface area contributed by atoms with Crippen LogP contribution in [0.25, 0.3) is 0 Å². The molecule has 0 bridgehead atoms. The van der Waals surface area contributed by atoms with Crippen molar-refractivity contribution in [2.24, 2.45) is 0 Å². The van der Waals surface area contributed by atoms with Gasteiger partial charge in [0.05, 0.1) is 34.4 Å². The number of allylic oxidation sites excluding steroid dienone is 14. The Morgan fingerprint density at radius 2 is 0.626 bits per heavy atom. The zero-order valence-corrected chi connectivity index (χ0v) is 60.5. The summed E-state index contributed by atoms with van der Waals surface area (Å²) in [5, 5.41) is 9.77. The quantitative estimate of drug-likeness (QED) is 0.0211. The third-order valence-corrected chi connectivity index (χ3v) is 17.2. The van der Waals surface area contributed by atoms with Crippen LogP contribution >= 0.6 is 0 Å². The maximum absolute atomic E-state index is 13.0. The van der Waals surface area contributed by atoms with Gasteiger partial charge >= 0.3 is 17.9 Å². The minimum atomic E-state index is -1.51. The van der Waals surface area contributed by atoms with E-state index in [2.05, 4.69) is 98.9 Å². The molecular formula is C82H148NO8+. The maximum atomic E-state index is 13.0. The molecule has 1 N–H and O–H groups in total. The molecule has 91 heavy (non-hydrogen) atoms. The highest BCUT2D eigenvalue weighted by molar-refractivity contribution is 5.71. The van der Waals surface area contributed by atoms with E-state index in [0.29, 0.717) is 23.9 Å². The van der Waals surface area contributed by atoms with E-state index in [0.717, 1.165) is 89.9 Å². The summed E-state index contributed by atoms with van der Waals surface area (Å²) in [4.78, 5) is 37.7. The number of esters is 2. The number of carboxylic acids is 1. The van der Waals surface area contributed by atoms with Crippen LogP contribution in [-0.4, -0.2) is 87.4 Å². The van der Waals surface area contributed by atoms with Gasteiger partial charge in [0.25, 0.3) is 6.29 Å². The Balaban J connectivity index is 4.05. The predicted molar refractivity (Wildman–Crippen MR) is 392 cm³/mol. The fraction of sp³-hybridized carbons (Fsp3) is 0.793. The Morgan fingerprint density at radius 1 is 0.341 bits per heavy atom. The number of unbranched alkanes of at least 4 members (excludes halogenated alkanes) is 43. The lowest BCUT2D eigenvalue weighted by Gasteiger charge is -2.25. The van der Waals surface area contributed by atoms with Crippen LogP contribution in [0.3, 0.4) is 0 Å². The molecule has 9 nitrogen and oxygen atoms in total. The van der Waals surface area contributed by atoms with Crippen molar-refractivity contribution < 1.29 is 42.9 Å². The second kappa shape index (κ2) is 72.3. The number of rotatable bonds is 72. The fourth-order valence-electron chi connectivity index (χ4n) is 11.3. The summed E-state index contributed by atoms with van der Waals surface area (Å²) in [6.45, 7) is 4.81. The van der Waals surface area contributed by atoms with E-state index >= 15 is 0 Å². The van der Waals surface area contributed by atoms with Crippen molar-refractivity contribution in [2.45, 2.75) is 373 Å². The highest BCUT2D eigenvalue weighted by Gasteiger charge is 2.25. The number of hydrogen-bond acceptors (Lipinski definition) is 7. The van der Waals surface area contributed by atoms with Crippen molar-refractivity contribution >= 4 is 17.9 Å². The standard InChI is InChI=1S/C82H147NO8/c1-6-8-10-12-14-16-18-20-22-24-26-28-30-32-34-36-38-40-42-44-46-48-50-52-54-56-58-60-62-64-66-68-70-72-79(84)89-76-78(77-90-82(81(86)87)88-75-74-83(3,4)5)91-80(85)73-71-69-67-65-63-61-59-57-55-53-51-49-47-45-43-41-39-37-35-33-31-29-27-25-23-21-19-17-15-13-11-9-7-2/h9,11,15,17,21,23,27,29,33,35,39,41,45,47,78,82H,6-8,10,12-14,16,18-20,22,24-26,28,30-32,34,36-38,40,42-44,46,48-77H2,1-5H3/p+1/b11-9-,17-15-,23-21-,29-27-,35-33-,41-39-,47-45-. The van der Waals surface area contributed by atoms with E-state index < -0.39 is 24.3 Å². The zero-order chi connectivity index (χ0) is 66.1. The van der Waals surface area contributed by atoms with Crippen molar-refractivity contribution in [1.82, 2.24) is 0 Å². The number of likely N-dealkylation sites (N-methyl/N-ethyl adjacent to an activating group) is 1. The molecular weight excluding hydrogens is 1130 g/mol. The van der Waals surface area contributed by atoms with Gasteiger partial charge in [0.2, 0.25) is 0 Å². The van der Waals surface area contributed by atoms with Crippen molar-refractivity contribution in [2.75, 3.05) is 47.5 Å². The largest absolute Gasteiger partial charge is 0.477 e. The smallest absolute Gasteiger partial charge is 0.361 e. The average molecular weight is 1280 g/mol. The predicted octanol–water partition coefficient (Wildman–Crippen LogP) is 24.6. The summed E-state index contributed by atoms with van der Waals surface area (Å²) < 4.78 is 23.0. The van der Waals surface area contributed by atoms with Crippen molar-refractivity contribution in [3.05, 3.63) is 85.1 Å². The zero-order valence-electron chi connectivity index (χ0n) is 60.5. The van der Waals surface area contributed by atoms with E-state index in [9.17, 15) is 19.5 Å². The summed E-state index contributed by atoms with van der Waals surface area (Å²) in [5.74, 6) is -1.99. The number of quaternary nitrogens is 1. The van der Waals surface area contributed by atoms with Gasteiger partial charge in [-0.05, 0) is 70.6 Å². The molecule has 0 radical (unpaired) electrons. The van der Waals surface area contributed by atoms with Gasteiger partial charge in [-0.15, -0.1) is 0 Å². The van der Waals surface area contributed by atoms with E-state index in [4.69, 9.17) is 18.9 Å². The van der Waals surface area contributed by atoms with Crippen LogP contribution in [0.4, 0.5) is 0 Å². The fourth-order valence-corrected chi connectivity index (χ4v) is 11.3. The second-order valence-electron chi connectivity index (χ2n) is 27.3. The maximum Gasteiger partial charge on any atom is 0.361 e. The molecule has 0 saturated carbocycles. The topological polar surface area (TPSA) is 108 Å². The van der Waals surface area contributed by atoms with Gasteiger partial charge in [0, 0.05) is 12.8 Å². The first kappa shape index (κ1) is 87.5. The Kier molecular flexibility index (Phi) is 69.5. The first-order valence-electron chi connectivity index (χ1n) is 38.8. The molecule has 0 amide bonds. The molecule has 0 aliphatic rings. The molecule has 0 aromatic rings. The van der Waals surface area contributed by atoms with Crippen LogP contribution in [0.1, 0.15) is 361 Å². The van der Waals surface area contributed by atoms with Gasteiger partial charge in [-0.1, -0.05) is 362 Å². The van der Waals surface area contributed by atoms with Crippen LogP contribution in [0.5, 0.6) is 0 Å². The number of carbonyl (C=O) groups excluding carboxylic acids is 2. The van der Waals surface area contributed by atoms with E-state index in [1.54, 1.807) is 0 Å². The molecule has 9 heteroatoms. The molecule has 0 saturated heterocycles. The molecule has 0 aromatic carbocycles. The summed E-state index contributed by atoms with van der Waals surface area (Å²) in [7, 11) is 5.99. The number of carbonyl (C=O) groups is 3. The van der Waals surface area contributed by atoms with Crippen LogP contribution in [-0.2, 0) is 33.3 Å². The molecule has 2 atom stereocenters. The minimum absolute atomic E-state index is 0.182. The molecule has 0 fully saturated rings. The summed E-state index contributed by atoms with van der Waals surface area (Å²) in [6, 6.07) is 0. The monoisotopic (exact) mass is 1280 g/mol. The van der Waals surface area contributed by atoms with E-state index in [1.807, 2.05) is 21.1 Å². The number of ether oxygens (including phenoxy) is 4. The van der Waals surface area contributed by atoms with Gasteiger partial charge in [-0.2, -0.15) is 0 Å². The van der Waals surface area contributed by atoms with Crippen LogP contribution < -0.4 is 0 Å². The third-order valence-electron chi connectivity index (χ3n) is 17.2. The Labute approximate surface area is 563 Å². The van der Waals surface area contributed by atoms with Gasteiger partial charge < -0.3 is 28.5 Å². The lowest BCUT2D eigenvalue weighted by atomic mass is 10.0. The number of nitrogens with zero attached hydrogens (tertiary/aromatic N) is 1. The normalized spacial score (nSPS) is 13.1. The molecule has 0 spiro atoms. The van der Waals surface area contributed by atoms with Gasteiger partial charge in [0.15, 0.2) is 6.10 Å². The van der Waals surface area contributed by atoms with Gasteiger partial charge in [-0.3, -0.25) is 9.59 Å². The Bertz CT molecular complexity index is 1770. The number of carboxylic acid groups (broad SMARTS) is 1. The minimum Gasteiger partial charge on any atom is -0.477 e. The van der Waals surface area contributed by atoms with Crippen molar-refractivity contribution in [1.29, 1.82) is 0 Å². The third kappa shape index (κ3) is 73.7. The van der Waals surface area contributed by atoms with Gasteiger partial charge in [0.1, 0.15) is 13.2 Å². The second-order valence-corrected chi connectivity index (χ2v) is 27.3. The highest BCUT2D eigenvalue weighted by Crippen LogP contribution is 2.19. The van der Waals surface area contributed by atoms with Crippen molar-refractivity contribution in [3.8, 4) is 0 Å². The highest BCUT2D eigenvalue weighted by atomic mass is 16.7. The van der Waals surface area contributed by atoms with Crippen LogP contribution in [0, 0.1) is 0 Å². The Hall–Kier alpha value is -3.53. The van der Waals surface area contributed by atoms with E-state index in [1.165, 1.54) is 238 Å². The Morgan fingerprint density at radius 3 is 0.934 bits per heavy atom. The first-order chi connectivity index (χ1) is 44.6. The molecule has 0 aliphatic carbocycles. The summed E-state index contributed by atoms with van der Waals surface area (Å²) in [5.41, 5.74) is 0. The molecule has 0 rings (SSSR count). The molecule has 0 aliphatic heterocycles. The SMILES string of the molecule is CC/C=C\C/C=C\C/C=C\C/C=C\C/C=C\C/C=C\C/C=C\CCCCCCCCCCCCCC(=O)OC(COC(=O)CCCCCCCCCCCCCCCCCCCCCCCCCCCCCCCCCCC)COC(OCC[N+](C)(C)C)C(=O)O. The number of hydrogen-bond donors (Lipinski definition) is 1. The molecule has 0 aromatic heterocycles. The van der Waals surface area contributed by atoms with Gasteiger partial charge in [-0.25, -0.2) is 4.79 Å². The molecule has 528 valence electrons. The molecule has 2 unspecified atom stereocenters. The van der Waals surface area contributed by atoms with Crippen LogP contribution in [0.15, 0.2) is 85.1 Å². The van der Waals surface area contributed by atoms with Crippen LogP contribution in [0.2, 0.25) is 0 Å². The molecule has 0 heterocycles. The van der Waals surface area contributed by atoms with Crippen molar-refractivity contribution in [3.63, 3.8) is 0 Å². The average Bonchev–Trinajstić information content (AvgIpc) is 3.46. The summed E-state index contributed by atoms with van der Waals surface area (Å²) >= 11 is 0. The number of aliphatic carboxylic acids is 1. The first-order valence-corrected chi connectivity index (χ1v) is 38.8. The lowest BCUT2D eigenvalue weighted by molar-refractivity contribution is -0.870. The summed E-state index contributed by atoms with van der Waals surface area (Å²) in [6.07, 6.45) is 95.8.